The first kappa shape index (κ1) is 16.0. The first-order valence-electron chi connectivity index (χ1n) is 7.16. The van der Waals surface area contributed by atoms with Crippen molar-refractivity contribution in [3.05, 3.63) is 0 Å². The average molecular weight is 270 g/mol. The first-order valence-corrected chi connectivity index (χ1v) is 7.16. The number of amides is 1. The fourth-order valence-corrected chi connectivity index (χ4v) is 2.33. The van der Waals surface area contributed by atoms with Crippen molar-refractivity contribution in [3.8, 4) is 0 Å². The average Bonchev–Trinajstić information content (AvgIpc) is 2.67. The summed E-state index contributed by atoms with van der Waals surface area (Å²) in [7, 11) is 3.32. The lowest BCUT2D eigenvalue weighted by Gasteiger charge is -2.24. The standard InChI is InChI=1S/C14H26N2O3/c1-15(9-7-8-14(18)19-2)12-13(17)16-10-5-3-4-6-11-16/h3-12H2,1-2H3. The summed E-state index contributed by atoms with van der Waals surface area (Å²) >= 11 is 0. The molecule has 0 saturated carbocycles. The molecule has 0 spiro atoms. The maximum atomic E-state index is 12.1. The summed E-state index contributed by atoms with van der Waals surface area (Å²) in [5, 5.41) is 0. The van der Waals surface area contributed by atoms with Crippen LogP contribution >= 0.6 is 0 Å². The number of esters is 1. The van der Waals surface area contributed by atoms with Gasteiger partial charge < -0.3 is 9.64 Å². The molecule has 0 bridgehead atoms. The molecule has 5 nitrogen and oxygen atoms in total. The van der Waals surface area contributed by atoms with Crippen LogP contribution in [0.25, 0.3) is 0 Å². The third kappa shape index (κ3) is 6.57. The molecule has 0 aliphatic carbocycles. The van der Waals surface area contributed by atoms with Gasteiger partial charge in [-0.25, -0.2) is 0 Å². The van der Waals surface area contributed by atoms with Crippen LogP contribution in [0.1, 0.15) is 38.5 Å². The van der Waals surface area contributed by atoms with Crippen LogP contribution in [0.4, 0.5) is 0 Å². The lowest BCUT2D eigenvalue weighted by Crippen LogP contribution is -2.39. The molecule has 0 aromatic rings. The van der Waals surface area contributed by atoms with Crippen LogP contribution in [0.5, 0.6) is 0 Å². The number of carbonyl (C=O) groups is 2. The van der Waals surface area contributed by atoms with E-state index in [2.05, 4.69) is 4.74 Å². The van der Waals surface area contributed by atoms with E-state index in [1.807, 2.05) is 16.8 Å². The molecule has 0 unspecified atom stereocenters. The predicted molar refractivity (Wildman–Crippen MR) is 73.8 cm³/mol. The third-order valence-electron chi connectivity index (χ3n) is 3.51. The molecule has 110 valence electrons. The summed E-state index contributed by atoms with van der Waals surface area (Å²) in [5.41, 5.74) is 0. The van der Waals surface area contributed by atoms with Crippen LogP contribution in [0.3, 0.4) is 0 Å². The minimum absolute atomic E-state index is 0.188. The Morgan fingerprint density at radius 1 is 1.16 bits per heavy atom. The maximum Gasteiger partial charge on any atom is 0.305 e. The molecule has 1 heterocycles. The number of likely N-dealkylation sites (N-methyl/N-ethyl adjacent to an activating group) is 1. The molecule has 0 aromatic heterocycles. The van der Waals surface area contributed by atoms with E-state index >= 15 is 0 Å². The number of hydrogen-bond donors (Lipinski definition) is 0. The zero-order valence-corrected chi connectivity index (χ0v) is 12.2. The van der Waals surface area contributed by atoms with E-state index in [0.717, 1.165) is 38.9 Å². The lowest BCUT2D eigenvalue weighted by atomic mass is 10.2. The zero-order valence-electron chi connectivity index (χ0n) is 12.2. The second-order valence-electron chi connectivity index (χ2n) is 5.21. The Morgan fingerprint density at radius 2 is 1.79 bits per heavy atom. The van der Waals surface area contributed by atoms with Crippen molar-refractivity contribution in [3.63, 3.8) is 0 Å². The van der Waals surface area contributed by atoms with Gasteiger partial charge in [-0.2, -0.15) is 0 Å². The quantitative estimate of drug-likeness (QED) is 0.682. The summed E-state index contributed by atoms with van der Waals surface area (Å²) in [4.78, 5) is 27.1. The van der Waals surface area contributed by atoms with Crippen LogP contribution in [0, 0.1) is 0 Å². The van der Waals surface area contributed by atoms with Crippen molar-refractivity contribution in [2.75, 3.05) is 40.3 Å². The van der Waals surface area contributed by atoms with E-state index in [0.29, 0.717) is 13.0 Å². The lowest BCUT2D eigenvalue weighted by molar-refractivity contribution is -0.140. The molecule has 0 radical (unpaired) electrons. The Balaban J connectivity index is 2.21. The van der Waals surface area contributed by atoms with Crippen molar-refractivity contribution in [2.45, 2.75) is 38.5 Å². The number of methoxy groups -OCH3 is 1. The van der Waals surface area contributed by atoms with Gasteiger partial charge in [0.25, 0.3) is 0 Å². The largest absolute Gasteiger partial charge is 0.469 e. The smallest absolute Gasteiger partial charge is 0.305 e. The second kappa shape index (κ2) is 8.91. The molecule has 1 rings (SSSR count). The van der Waals surface area contributed by atoms with Gasteiger partial charge in [-0.3, -0.25) is 14.5 Å². The van der Waals surface area contributed by atoms with Gasteiger partial charge >= 0.3 is 5.97 Å². The summed E-state index contributed by atoms with van der Waals surface area (Å²) in [6.07, 6.45) is 5.86. The second-order valence-corrected chi connectivity index (χ2v) is 5.21. The summed E-state index contributed by atoms with van der Waals surface area (Å²) in [6, 6.07) is 0. The van der Waals surface area contributed by atoms with Crippen LogP contribution in [-0.4, -0.2) is 62.0 Å². The van der Waals surface area contributed by atoms with Crippen LogP contribution in [0.2, 0.25) is 0 Å². The summed E-state index contributed by atoms with van der Waals surface area (Å²) in [6.45, 7) is 2.99. The SMILES string of the molecule is COC(=O)CCCN(C)CC(=O)N1CCCCCC1. The van der Waals surface area contributed by atoms with Crippen LogP contribution in [0.15, 0.2) is 0 Å². The topological polar surface area (TPSA) is 49.9 Å². The fraction of sp³-hybridized carbons (Fsp3) is 0.857. The van der Waals surface area contributed by atoms with Gasteiger partial charge in [-0.1, -0.05) is 12.8 Å². The Kier molecular flexibility index (Phi) is 7.48. The minimum atomic E-state index is -0.188. The summed E-state index contributed by atoms with van der Waals surface area (Å²) < 4.78 is 4.59. The predicted octanol–water partition coefficient (Wildman–Crippen LogP) is 1.27. The van der Waals surface area contributed by atoms with E-state index < -0.39 is 0 Å². The van der Waals surface area contributed by atoms with E-state index in [1.54, 1.807) is 0 Å². The molecule has 1 fully saturated rings. The zero-order chi connectivity index (χ0) is 14.1. The van der Waals surface area contributed by atoms with E-state index in [1.165, 1.54) is 20.0 Å². The van der Waals surface area contributed by atoms with Crippen LogP contribution < -0.4 is 0 Å². The Morgan fingerprint density at radius 3 is 2.37 bits per heavy atom. The molecule has 19 heavy (non-hydrogen) atoms. The number of ether oxygens (including phenoxy) is 1. The highest BCUT2D eigenvalue weighted by Gasteiger charge is 2.16. The minimum Gasteiger partial charge on any atom is -0.469 e. The van der Waals surface area contributed by atoms with Crippen molar-refractivity contribution in [2.24, 2.45) is 0 Å². The van der Waals surface area contributed by atoms with E-state index in [4.69, 9.17) is 0 Å². The normalized spacial score (nSPS) is 16.3. The number of carbonyl (C=O) groups excluding carboxylic acids is 2. The molecule has 0 N–H and O–H groups in total. The van der Waals surface area contributed by atoms with Gasteiger partial charge in [0, 0.05) is 19.5 Å². The fourth-order valence-electron chi connectivity index (χ4n) is 2.33. The molecule has 1 aliphatic rings. The molecule has 1 aliphatic heterocycles. The van der Waals surface area contributed by atoms with Gasteiger partial charge in [0.1, 0.15) is 0 Å². The Hall–Kier alpha value is -1.10. The highest BCUT2D eigenvalue weighted by atomic mass is 16.5. The monoisotopic (exact) mass is 270 g/mol. The number of hydrogen-bond acceptors (Lipinski definition) is 4. The van der Waals surface area contributed by atoms with E-state index in [-0.39, 0.29) is 11.9 Å². The molecule has 1 amide bonds. The number of rotatable bonds is 6. The van der Waals surface area contributed by atoms with Crippen molar-refractivity contribution in [1.29, 1.82) is 0 Å². The van der Waals surface area contributed by atoms with Gasteiger partial charge in [-0.15, -0.1) is 0 Å². The Labute approximate surface area is 115 Å². The molecule has 1 saturated heterocycles. The number of nitrogens with zero attached hydrogens (tertiary/aromatic N) is 2. The van der Waals surface area contributed by atoms with Gasteiger partial charge in [0.2, 0.25) is 5.91 Å². The first-order chi connectivity index (χ1) is 9.13. The van der Waals surface area contributed by atoms with E-state index in [9.17, 15) is 9.59 Å². The molecular weight excluding hydrogens is 244 g/mol. The highest BCUT2D eigenvalue weighted by molar-refractivity contribution is 5.78. The summed E-state index contributed by atoms with van der Waals surface area (Å²) in [5.74, 6) is 0.0229. The molecule has 5 heteroatoms. The van der Waals surface area contributed by atoms with Crippen molar-refractivity contribution < 1.29 is 14.3 Å². The van der Waals surface area contributed by atoms with Crippen molar-refractivity contribution in [1.82, 2.24) is 9.80 Å². The third-order valence-corrected chi connectivity index (χ3v) is 3.51. The molecule has 0 aromatic carbocycles. The highest BCUT2D eigenvalue weighted by Crippen LogP contribution is 2.10. The maximum absolute atomic E-state index is 12.1. The van der Waals surface area contributed by atoms with Gasteiger partial charge in [-0.05, 0) is 32.9 Å². The number of likely N-dealkylation sites (tertiary alicyclic amines) is 1. The Bertz CT molecular complexity index is 286. The van der Waals surface area contributed by atoms with Gasteiger partial charge in [0.05, 0.1) is 13.7 Å². The van der Waals surface area contributed by atoms with Gasteiger partial charge in [0.15, 0.2) is 0 Å². The van der Waals surface area contributed by atoms with Crippen LogP contribution in [-0.2, 0) is 14.3 Å². The molecular formula is C14H26N2O3. The van der Waals surface area contributed by atoms with Crippen molar-refractivity contribution >= 4 is 11.9 Å². The molecule has 0 atom stereocenters.